The molecule has 0 spiro atoms. The fourth-order valence-electron chi connectivity index (χ4n) is 1.10. The Bertz CT molecular complexity index is 315. The van der Waals surface area contributed by atoms with E-state index in [9.17, 15) is 0 Å². The van der Waals surface area contributed by atoms with Gasteiger partial charge in [0.1, 0.15) is 5.75 Å². The van der Waals surface area contributed by atoms with Crippen molar-refractivity contribution in [3.05, 3.63) is 22.2 Å². The average Bonchev–Trinajstić information content (AvgIpc) is 2.07. The van der Waals surface area contributed by atoms with Crippen LogP contribution in [0.25, 0.3) is 0 Å². The molecule has 0 fully saturated rings. The van der Waals surface area contributed by atoms with Crippen molar-refractivity contribution in [1.29, 1.82) is 0 Å². The lowest BCUT2D eigenvalue weighted by Gasteiger charge is -2.09. The lowest BCUT2D eigenvalue weighted by Crippen LogP contribution is -2.31. The first-order chi connectivity index (χ1) is 6.06. The van der Waals surface area contributed by atoms with Crippen LogP contribution in [0.2, 0.25) is 0 Å². The second kappa shape index (κ2) is 4.13. The van der Waals surface area contributed by atoms with Gasteiger partial charge in [0.15, 0.2) is 0 Å². The smallest absolute Gasteiger partial charge is 0.489 e. The van der Waals surface area contributed by atoms with Gasteiger partial charge in [-0.25, -0.2) is 0 Å². The van der Waals surface area contributed by atoms with Crippen molar-refractivity contribution in [2.45, 2.75) is 6.92 Å². The van der Waals surface area contributed by atoms with Crippen LogP contribution in [0.15, 0.2) is 16.6 Å². The van der Waals surface area contributed by atoms with Crippen molar-refractivity contribution in [3.8, 4) is 5.75 Å². The third-order valence-corrected chi connectivity index (χ3v) is 2.48. The number of methoxy groups -OCH3 is 1. The molecular weight excluding hydrogens is 235 g/mol. The van der Waals surface area contributed by atoms with E-state index in [4.69, 9.17) is 14.8 Å². The van der Waals surface area contributed by atoms with E-state index in [2.05, 4.69) is 15.9 Å². The van der Waals surface area contributed by atoms with Crippen LogP contribution in [0.5, 0.6) is 5.75 Å². The molecule has 0 saturated carbocycles. The molecule has 0 aliphatic heterocycles. The summed E-state index contributed by atoms with van der Waals surface area (Å²) >= 11 is 3.22. The molecule has 0 heterocycles. The van der Waals surface area contributed by atoms with Crippen LogP contribution in [0.3, 0.4) is 0 Å². The van der Waals surface area contributed by atoms with E-state index in [1.165, 1.54) is 0 Å². The van der Waals surface area contributed by atoms with Crippen molar-refractivity contribution in [2.24, 2.45) is 0 Å². The molecule has 0 aliphatic rings. The fraction of sp³-hybridized carbons (Fsp3) is 0.250. The number of aryl methyl sites for hydroxylation is 1. The Kier molecular flexibility index (Phi) is 3.36. The predicted octanol–water partition coefficient (Wildman–Crippen LogP) is 0.446. The molecule has 3 nitrogen and oxygen atoms in total. The summed E-state index contributed by atoms with van der Waals surface area (Å²) in [6.45, 7) is 1.84. The maximum Gasteiger partial charge on any atom is 0.489 e. The molecule has 5 heteroatoms. The summed E-state index contributed by atoms with van der Waals surface area (Å²) in [5.41, 5.74) is 1.31. The Labute approximate surface area is 85.6 Å². The molecule has 2 N–H and O–H groups in total. The van der Waals surface area contributed by atoms with Crippen LogP contribution in [0.1, 0.15) is 5.56 Å². The zero-order valence-electron chi connectivity index (χ0n) is 7.41. The second-order valence-corrected chi connectivity index (χ2v) is 3.57. The molecule has 1 aromatic rings. The van der Waals surface area contributed by atoms with Crippen LogP contribution in [0, 0.1) is 6.92 Å². The Morgan fingerprint density at radius 1 is 1.38 bits per heavy atom. The summed E-state index contributed by atoms with van der Waals surface area (Å²) < 4.78 is 5.70. The van der Waals surface area contributed by atoms with Gasteiger partial charge in [0.05, 0.1) is 7.11 Å². The highest BCUT2D eigenvalue weighted by Crippen LogP contribution is 2.21. The number of ether oxygens (including phenoxy) is 1. The van der Waals surface area contributed by atoms with E-state index >= 15 is 0 Å². The first-order valence-corrected chi connectivity index (χ1v) is 4.55. The van der Waals surface area contributed by atoms with Crippen LogP contribution >= 0.6 is 15.9 Å². The third kappa shape index (κ3) is 2.24. The fourth-order valence-corrected chi connectivity index (χ4v) is 1.63. The number of benzene rings is 1. The summed E-state index contributed by atoms with van der Waals surface area (Å²) in [5.74, 6) is 0.719. The van der Waals surface area contributed by atoms with Gasteiger partial charge < -0.3 is 14.8 Å². The Balaban J connectivity index is 3.20. The molecule has 1 rings (SSSR count). The van der Waals surface area contributed by atoms with Gasteiger partial charge in [-0.15, -0.1) is 0 Å². The number of hydrogen-bond acceptors (Lipinski definition) is 3. The second-order valence-electron chi connectivity index (χ2n) is 2.72. The minimum atomic E-state index is -1.46. The van der Waals surface area contributed by atoms with Crippen LogP contribution in [0.4, 0.5) is 0 Å². The minimum absolute atomic E-state index is 0.443. The van der Waals surface area contributed by atoms with E-state index in [0.717, 1.165) is 11.3 Å². The number of hydrogen-bond donors (Lipinski definition) is 2. The van der Waals surface area contributed by atoms with Crippen LogP contribution in [-0.4, -0.2) is 24.3 Å². The van der Waals surface area contributed by atoms with Crippen LogP contribution in [-0.2, 0) is 0 Å². The van der Waals surface area contributed by atoms with E-state index in [1.54, 1.807) is 19.2 Å². The van der Waals surface area contributed by atoms with E-state index in [0.29, 0.717) is 9.94 Å². The SMILES string of the molecule is COc1cc(Br)c(B(O)O)cc1C. The monoisotopic (exact) mass is 244 g/mol. The molecule has 0 radical (unpaired) electrons. The van der Waals surface area contributed by atoms with Crippen molar-refractivity contribution >= 4 is 28.5 Å². The molecule has 0 unspecified atom stereocenters. The third-order valence-electron chi connectivity index (χ3n) is 1.79. The van der Waals surface area contributed by atoms with Crippen LogP contribution < -0.4 is 10.2 Å². The molecule has 0 saturated heterocycles. The largest absolute Gasteiger partial charge is 0.496 e. The predicted molar refractivity (Wildman–Crippen MR) is 55.3 cm³/mol. The molecule has 0 bridgehead atoms. The maximum absolute atomic E-state index is 8.98. The maximum atomic E-state index is 8.98. The lowest BCUT2D eigenvalue weighted by molar-refractivity contribution is 0.410. The van der Waals surface area contributed by atoms with E-state index in [1.807, 2.05) is 6.92 Å². The molecule has 0 aromatic heterocycles. The molecule has 13 heavy (non-hydrogen) atoms. The minimum Gasteiger partial charge on any atom is -0.496 e. The number of rotatable bonds is 2. The van der Waals surface area contributed by atoms with Gasteiger partial charge in [-0.2, -0.15) is 0 Å². The average molecular weight is 245 g/mol. The van der Waals surface area contributed by atoms with E-state index < -0.39 is 7.12 Å². The first-order valence-electron chi connectivity index (χ1n) is 3.76. The molecule has 70 valence electrons. The van der Waals surface area contributed by atoms with Gasteiger partial charge in [0, 0.05) is 4.47 Å². The summed E-state index contributed by atoms with van der Waals surface area (Å²) in [6, 6.07) is 3.39. The summed E-state index contributed by atoms with van der Waals surface area (Å²) in [5, 5.41) is 18.0. The van der Waals surface area contributed by atoms with Crippen molar-refractivity contribution in [1.82, 2.24) is 0 Å². The molecular formula is C8H10BBrO3. The lowest BCUT2D eigenvalue weighted by atomic mass is 9.79. The van der Waals surface area contributed by atoms with E-state index in [-0.39, 0.29) is 0 Å². The van der Waals surface area contributed by atoms with Gasteiger partial charge >= 0.3 is 7.12 Å². The standard InChI is InChI=1S/C8H10BBrO3/c1-5-3-6(9(11)12)7(10)4-8(5)13-2/h3-4,11-12H,1-2H3. The normalized spacial score (nSPS) is 9.92. The summed E-state index contributed by atoms with van der Waals surface area (Å²) in [7, 11) is 0.114. The van der Waals surface area contributed by atoms with Gasteiger partial charge in [-0.05, 0) is 24.0 Å². The first kappa shape index (κ1) is 10.6. The Morgan fingerprint density at radius 3 is 2.46 bits per heavy atom. The topological polar surface area (TPSA) is 49.7 Å². The molecule has 0 atom stereocenters. The van der Waals surface area contributed by atoms with Gasteiger partial charge in [0.25, 0.3) is 0 Å². The summed E-state index contributed by atoms with van der Waals surface area (Å²) in [6.07, 6.45) is 0. The highest BCUT2D eigenvalue weighted by molar-refractivity contribution is 9.10. The molecule has 1 aromatic carbocycles. The number of halogens is 1. The Morgan fingerprint density at radius 2 is 2.00 bits per heavy atom. The quantitative estimate of drug-likeness (QED) is 0.743. The van der Waals surface area contributed by atoms with Crippen molar-refractivity contribution < 1.29 is 14.8 Å². The summed E-state index contributed by atoms with van der Waals surface area (Å²) in [4.78, 5) is 0. The molecule has 0 amide bonds. The van der Waals surface area contributed by atoms with Gasteiger partial charge in [-0.3, -0.25) is 0 Å². The zero-order chi connectivity index (χ0) is 10.0. The highest BCUT2D eigenvalue weighted by atomic mass is 79.9. The van der Waals surface area contributed by atoms with Gasteiger partial charge in [-0.1, -0.05) is 22.0 Å². The van der Waals surface area contributed by atoms with Gasteiger partial charge in [0.2, 0.25) is 0 Å². The zero-order valence-corrected chi connectivity index (χ0v) is 9.00. The van der Waals surface area contributed by atoms with Crippen molar-refractivity contribution in [3.63, 3.8) is 0 Å². The highest BCUT2D eigenvalue weighted by Gasteiger charge is 2.16. The van der Waals surface area contributed by atoms with Crippen molar-refractivity contribution in [2.75, 3.05) is 7.11 Å². The Hall–Kier alpha value is -0.515. The molecule has 0 aliphatic carbocycles.